The zero-order valence-corrected chi connectivity index (χ0v) is 33.9. The quantitative estimate of drug-likeness (QED) is 0.0173. The van der Waals surface area contributed by atoms with E-state index in [1.54, 1.807) is 0 Å². The molecule has 0 saturated heterocycles. The molecular weight excluding hydrogens is 719 g/mol. The molecule has 0 aromatic carbocycles. The van der Waals surface area contributed by atoms with E-state index in [-0.39, 0.29) is 12.8 Å². The highest BCUT2D eigenvalue weighted by atomic mass is 31.2. The summed E-state index contributed by atoms with van der Waals surface area (Å²) in [5.41, 5.74) is 0. The minimum Gasteiger partial charge on any atom is -0.462 e. The number of hydrogen-bond donors (Lipinski definition) is 6. The minimum atomic E-state index is -5.11. The predicted molar refractivity (Wildman–Crippen MR) is 207 cm³/mol. The summed E-state index contributed by atoms with van der Waals surface area (Å²) in [6.45, 7) is 3.20. The normalized spacial score (nSPS) is 23.5. The summed E-state index contributed by atoms with van der Waals surface area (Å²) in [4.78, 5) is 35.4. The van der Waals surface area contributed by atoms with E-state index in [4.69, 9.17) is 18.5 Å². The van der Waals surface area contributed by atoms with Crippen LogP contribution in [0.2, 0.25) is 0 Å². The van der Waals surface area contributed by atoms with Crippen LogP contribution in [-0.4, -0.2) is 98.3 Å². The maximum atomic E-state index is 12.7. The van der Waals surface area contributed by atoms with E-state index in [1.807, 2.05) is 0 Å². The van der Waals surface area contributed by atoms with Crippen molar-refractivity contribution in [2.45, 2.75) is 204 Å². The third kappa shape index (κ3) is 24.1. The maximum Gasteiger partial charge on any atom is 0.472 e. The summed E-state index contributed by atoms with van der Waals surface area (Å²) in [6.07, 6.45) is 18.3. The van der Waals surface area contributed by atoms with Crippen molar-refractivity contribution in [3.63, 3.8) is 0 Å². The Balaban J connectivity index is 2.48. The molecule has 6 atom stereocenters. The highest BCUT2D eigenvalue weighted by Gasteiger charge is 2.51. The van der Waals surface area contributed by atoms with Crippen LogP contribution in [0.25, 0.3) is 0 Å². The first-order valence-electron chi connectivity index (χ1n) is 20.6. The van der Waals surface area contributed by atoms with Crippen LogP contribution < -0.4 is 0 Å². The van der Waals surface area contributed by atoms with E-state index >= 15 is 0 Å². The fraction of sp³-hybridized carbons (Fsp3) is 0.850. The average Bonchev–Trinajstić information content (AvgIpc) is 3.15. The topological polar surface area (TPSA) is 210 Å². The lowest BCUT2D eigenvalue weighted by Gasteiger charge is -2.41. The van der Waals surface area contributed by atoms with Gasteiger partial charge in [0.25, 0.3) is 0 Å². The number of esters is 2. The molecule has 0 spiro atoms. The van der Waals surface area contributed by atoms with Crippen molar-refractivity contribution in [2.75, 3.05) is 13.2 Å². The number of ether oxygens (including phenoxy) is 2. The van der Waals surface area contributed by atoms with Gasteiger partial charge in [0.1, 0.15) is 43.2 Å². The number of phosphoric acid groups is 1. The van der Waals surface area contributed by atoms with Crippen molar-refractivity contribution in [2.24, 2.45) is 0 Å². The number of carbonyl (C=O) groups is 2. The van der Waals surface area contributed by atoms with Gasteiger partial charge in [-0.25, -0.2) is 4.57 Å². The van der Waals surface area contributed by atoms with Crippen LogP contribution >= 0.6 is 7.82 Å². The molecule has 0 aromatic rings. The SMILES string of the molecule is CCCCC/C=C\C/C=C\CCCCCCCCCC(=O)OC(COC(=O)CCCCCCCCCC)COP(=O)(O)OC1C(O)C(O)C(O)C(O)C1O. The van der Waals surface area contributed by atoms with Crippen LogP contribution in [0.5, 0.6) is 0 Å². The molecule has 1 aliphatic carbocycles. The Morgan fingerprint density at radius 1 is 0.574 bits per heavy atom. The molecule has 0 aromatic heterocycles. The van der Waals surface area contributed by atoms with E-state index in [2.05, 4.69) is 38.2 Å². The number of hydrogen-bond acceptors (Lipinski definition) is 12. The monoisotopic (exact) mass is 792 g/mol. The van der Waals surface area contributed by atoms with Crippen molar-refractivity contribution in [1.82, 2.24) is 0 Å². The van der Waals surface area contributed by atoms with E-state index in [0.717, 1.165) is 77.0 Å². The first-order valence-corrected chi connectivity index (χ1v) is 22.1. The fourth-order valence-electron chi connectivity index (χ4n) is 6.14. The van der Waals surface area contributed by atoms with Crippen LogP contribution in [-0.2, 0) is 32.7 Å². The number of aliphatic hydroxyl groups is 5. The molecular formula is C40H73O13P. The van der Waals surface area contributed by atoms with Gasteiger partial charge in [-0.1, -0.05) is 128 Å². The molecule has 0 aliphatic heterocycles. The van der Waals surface area contributed by atoms with Crippen molar-refractivity contribution >= 4 is 19.8 Å². The third-order valence-corrected chi connectivity index (χ3v) is 10.5. The summed E-state index contributed by atoms with van der Waals surface area (Å²) in [6, 6.07) is 0. The third-order valence-electron chi connectivity index (χ3n) is 9.55. The second kappa shape index (κ2) is 31.4. The van der Waals surface area contributed by atoms with Crippen molar-refractivity contribution in [3.8, 4) is 0 Å². The summed E-state index contributed by atoms with van der Waals surface area (Å²) < 4.78 is 33.3. The van der Waals surface area contributed by atoms with Crippen LogP contribution in [0.3, 0.4) is 0 Å². The molecule has 0 amide bonds. The second-order valence-corrected chi connectivity index (χ2v) is 15.9. The summed E-state index contributed by atoms with van der Waals surface area (Å²) in [7, 11) is -5.11. The van der Waals surface area contributed by atoms with Gasteiger partial charge < -0.3 is 39.9 Å². The van der Waals surface area contributed by atoms with Gasteiger partial charge in [0.2, 0.25) is 0 Å². The molecule has 13 nitrogen and oxygen atoms in total. The molecule has 1 fully saturated rings. The van der Waals surface area contributed by atoms with Gasteiger partial charge in [-0.3, -0.25) is 18.6 Å². The maximum absolute atomic E-state index is 12.7. The Hall–Kier alpha value is -1.67. The van der Waals surface area contributed by atoms with E-state index < -0.39 is 75.7 Å². The van der Waals surface area contributed by atoms with Gasteiger partial charge in [0, 0.05) is 12.8 Å². The van der Waals surface area contributed by atoms with Crippen LogP contribution in [0.1, 0.15) is 162 Å². The number of allylic oxidation sites excluding steroid dienone is 4. The Morgan fingerprint density at radius 3 is 1.54 bits per heavy atom. The summed E-state index contributed by atoms with van der Waals surface area (Å²) >= 11 is 0. The molecule has 1 saturated carbocycles. The van der Waals surface area contributed by atoms with Gasteiger partial charge in [0.15, 0.2) is 6.10 Å². The van der Waals surface area contributed by atoms with Gasteiger partial charge in [-0.2, -0.15) is 0 Å². The van der Waals surface area contributed by atoms with Gasteiger partial charge in [-0.05, 0) is 44.9 Å². The van der Waals surface area contributed by atoms with Gasteiger partial charge in [-0.15, -0.1) is 0 Å². The Kier molecular flexibility index (Phi) is 29.3. The van der Waals surface area contributed by atoms with Gasteiger partial charge >= 0.3 is 19.8 Å². The molecule has 1 rings (SSSR count). The fourth-order valence-corrected chi connectivity index (χ4v) is 7.11. The molecule has 6 N–H and O–H groups in total. The smallest absolute Gasteiger partial charge is 0.462 e. The number of rotatable bonds is 33. The first-order chi connectivity index (χ1) is 25.9. The number of phosphoric ester groups is 1. The lowest BCUT2D eigenvalue weighted by molar-refractivity contribution is -0.220. The van der Waals surface area contributed by atoms with Crippen molar-refractivity contribution < 1.29 is 63.1 Å². The lowest BCUT2D eigenvalue weighted by atomic mass is 9.85. The van der Waals surface area contributed by atoms with Crippen molar-refractivity contribution in [1.29, 1.82) is 0 Å². The van der Waals surface area contributed by atoms with E-state index in [1.165, 1.54) is 44.9 Å². The minimum absolute atomic E-state index is 0.0897. The molecule has 54 heavy (non-hydrogen) atoms. The summed E-state index contributed by atoms with van der Waals surface area (Å²) in [5.74, 6) is -1.11. The van der Waals surface area contributed by atoms with Gasteiger partial charge in [0.05, 0.1) is 6.61 Å². The van der Waals surface area contributed by atoms with Crippen LogP contribution in [0, 0.1) is 0 Å². The Morgan fingerprint density at radius 2 is 1.00 bits per heavy atom. The van der Waals surface area contributed by atoms with Crippen LogP contribution in [0.15, 0.2) is 24.3 Å². The first kappa shape index (κ1) is 50.3. The number of aliphatic hydroxyl groups excluding tert-OH is 5. The highest BCUT2D eigenvalue weighted by Crippen LogP contribution is 2.47. The second-order valence-electron chi connectivity index (χ2n) is 14.5. The summed E-state index contributed by atoms with van der Waals surface area (Å²) in [5, 5.41) is 49.9. The lowest BCUT2D eigenvalue weighted by Crippen LogP contribution is -2.64. The standard InChI is InChI=1S/C40H73O13P/c1-3-5-7-9-11-13-14-15-16-17-18-19-20-21-23-25-27-29-34(42)52-32(30-50-33(41)28-26-24-22-12-10-8-6-4-2)31-51-54(48,49)53-40-38(46)36(44)35(43)37(45)39(40)47/h11,13,15-16,32,35-40,43-47H,3-10,12,14,17-31H2,1-2H3,(H,48,49)/b13-11-,16-15-. The van der Waals surface area contributed by atoms with E-state index in [0.29, 0.717) is 12.8 Å². The molecule has 316 valence electrons. The number of carbonyl (C=O) groups excluding carboxylic acids is 2. The average molecular weight is 793 g/mol. The van der Waals surface area contributed by atoms with Crippen molar-refractivity contribution in [3.05, 3.63) is 24.3 Å². The largest absolute Gasteiger partial charge is 0.472 e. The van der Waals surface area contributed by atoms with E-state index in [9.17, 15) is 44.6 Å². The molecule has 1 aliphatic rings. The molecule has 0 heterocycles. The van der Waals surface area contributed by atoms with Crippen LogP contribution in [0.4, 0.5) is 0 Å². The molecule has 14 heteroatoms. The number of unbranched alkanes of at least 4 members (excludes halogenated alkanes) is 17. The highest BCUT2D eigenvalue weighted by molar-refractivity contribution is 7.47. The predicted octanol–water partition coefficient (Wildman–Crippen LogP) is 6.89. The molecule has 0 bridgehead atoms. The zero-order chi connectivity index (χ0) is 40.0. The molecule has 6 unspecified atom stereocenters. The molecule has 0 radical (unpaired) electrons. The Labute approximate surface area is 324 Å². The zero-order valence-electron chi connectivity index (χ0n) is 33.0. The Bertz CT molecular complexity index is 1050.